The largest absolute Gasteiger partial charge is 0.424 e. The first-order chi connectivity index (χ1) is 6.13. The van der Waals surface area contributed by atoms with Gasteiger partial charge in [-0.3, -0.25) is 4.79 Å². The van der Waals surface area contributed by atoms with E-state index in [-0.39, 0.29) is 11.6 Å². The highest BCUT2D eigenvalue weighted by Gasteiger charge is 2.05. The van der Waals surface area contributed by atoms with E-state index in [0.717, 1.165) is 0 Å². The second-order valence-corrected chi connectivity index (χ2v) is 2.76. The molecule has 4 heteroatoms. The van der Waals surface area contributed by atoms with Crippen LogP contribution in [0.15, 0.2) is 18.2 Å². The molecular weight excluding hydrogens is 195 g/mol. The third-order valence-corrected chi connectivity index (χ3v) is 1.71. The molecule has 0 aliphatic carbocycles. The molecule has 0 aliphatic heterocycles. The van der Waals surface area contributed by atoms with Crippen LogP contribution in [0.5, 0.6) is 5.75 Å². The summed E-state index contributed by atoms with van der Waals surface area (Å²) < 4.78 is 17.6. The van der Waals surface area contributed by atoms with Gasteiger partial charge in [-0.1, -0.05) is 6.07 Å². The first kappa shape index (κ1) is 9.99. The van der Waals surface area contributed by atoms with Crippen LogP contribution in [0.2, 0.25) is 0 Å². The maximum absolute atomic E-state index is 13.1. The van der Waals surface area contributed by atoms with Crippen molar-refractivity contribution >= 4 is 17.6 Å². The van der Waals surface area contributed by atoms with Crippen molar-refractivity contribution in [3.8, 4) is 5.75 Å². The number of benzene rings is 1. The fraction of sp³-hybridized carbons (Fsp3) is 0.222. The van der Waals surface area contributed by atoms with Gasteiger partial charge >= 0.3 is 5.97 Å². The zero-order valence-corrected chi connectivity index (χ0v) is 7.77. The molecule has 0 aliphatic rings. The highest BCUT2D eigenvalue weighted by Crippen LogP contribution is 2.19. The van der Waals surface area contributed by atoms with Gasteiger partial charge in [0, 0.05) is 12.8 Å². The summed E-state index contributed by atoms with van der Waals surface area (Å²) in [5.74, 6) is -0.954. The van der Waals surface area contributed by atoms with Gasteiger partial charge in [-0.25, -0.2) is 4.39 Å². The Hall–Kier alpha value is -1.09. The minimum Gasteiger partial charge on any atom is -0.424 e. The van der Waals surface area contributed by atoms with Crippen LogP contribution in [-0.4, -0.2) is 5.97 Å². The minimum absolute atomic E-state index is 0.0682. The maximum atomic E-state index is 13.1. The highest BCUT2D eigenvalue weighted by atomic mass is 35.5. The Labute approximate surface area is 80.3 Å². The van der Waals surface area contributed by atoms with E-state index < -0.39 is 11.8 Å². The number of rotatable bonds is 2. The fourth-order valence-electron chi connectivity index (χ4n) is 0.865. The summed E-state index contributed by atoms with van der Waals surface area (Å²) in [6, 6.07) is 4.23. The first-order valence-corrected chi connectivity index (χ1v) is 4.19. The first-order valence-electron chi connectivity index (χ1n) is 3.66. The van der Waals surface area contributed by atoms with Gasteiger partial charge in [0.2, 0.25) is 0 Å². The van der Waals surface area contributed by atoms with Gasteiger partial charge in [0.25, 0.3) is 0 Å². The summed E-state index contributed by atoms with van der Waals surface area (Å²) in [7, 11) is 0. The summed E-state index contributed by atoms with van der Waals surface area (Å²) in [4.78, 5) is 10.5. The van der Waals surface area contributed by atoms with E-state index in [4.69, 9.17) is 11.6 Å². The van der Waals surface area contributed by atoms with E-state index >= 15 is 0 Å². The normalized spacial score (nSPS) is 9.77. The third kappa shape index (κ3) is 2.70. The van der Waals surface area contributed by atoms with Crippen molar-refractivity contribution in [2.24, 2.45) is 0 Å². The average Bonchev–Trinajstić information content (AvgIpc) is 2.08. The van der Waals surface area contributed by atoms with Crippen LogP contribution in [0.4, 0.5) is 4.39 Å². The van der Waals surface area contributed by atoms with Crippen molar-refractivity contribution in [1.29, 1.82) is 0 Å². The van der Waals surface area contributed by atoms with Gasteiger partial charge in [0.05, 0.1) is 0 Å². The monoisotopic (exact) mass is 202 g/mol. The standard InChI is InChI=1S/C9H8ClFO2/c1-6(12)13-9-3-2-7(5-10)4-8(9)11/h2-4H,5H2,1H3. The van der Waals surface area contributed by atoms with E-state index in [1.165, 1.54) is 19.1 Å². The Bertz CT molecular complexity index is 325. The molecule has 1 rings (SSSR count). The van der Waals surface area contributed by atoms with Crippen LogP contribution in [0.1, 0.15) is 12.5 Å². The van der Waals surface area contributed by atoms with E-state index in [2.05, 4.69) is 4.74 Å². The molecule has 13 heavy (non-hydrogen) atoms. The zero-order valence-electron chi connectivity index (χ0n) is 7.01. The molecular formula is C9H8ClFO2. The van der Waals surface area contributed by atoms with Crippen molar-refractivity contribution in [2.75, 3.05) is 0 Å². The highest BCUT2D eigenvalue weighted by molar-refractivity contribution is 6.17. The molecule has 0 bridgehead atoms. The number of halogens is 2. The van der Waals surface area contributed by atoms with Gasteiger partial charge < -0.3 is 4.74 Å². The van der Waals surface area contributed by atoms with Gasteiger partial charge in [-0.2, -0.15) is 0 Å². The average molecular weight is 203 g/mol. The van der Waals surface area contributed by atoms with E-state index in [1.54, 1.807) is 6.07 Å². The number of carbonyl (C=O) groups is 1. The Balaban J connectivity index is 2.91. The number of hydrogen-bond acceptors (Lipinski definition) is 2. The number of ether oxygens (including phenoxy) is 1. The smallest absolute Gasteiger partial charge is 0.308 e. The Morgan fingerprint density at radius 3 is 2.77 bits per heavy atom. The Kier molecular flexibility index (Phi) is 3.25. The quantitative estimate of drug-likeness (QED) is 0.419. The molecule has 2 nitrogen and oxygen atoms in total. The summed E-state index contributed by atoms with van der Waals surface area (Å²) in [6.07, 6.45) is 0. The second kappa shape index (κ2) is 4.23. The van der Waals surface area contributed by atoms with Gasteiger partial charge in [0.1, 0.15) is 0 Å². The van der Waals surface area contributed by atoms with Crippen LogP contribution >= 0.6 is 11.6 Å². The predicted octanol–water partition coefficient (Wildman–Crippen LogP) is 2.49. The van der Waals surface area contributed by atoms with Gasteiger partial charge in [0.15, 0.2) is 11.6 Å². The zero-order chi connectivity index (χ0) is 9.84. The summed E-state index contributed by atoms with van der Waals surface area (Å²) in [5.41, 5.74) is 0.648. The number of esters is 1. The molecule has 0 spiro atoms. The lowest BCUT2D eigenvalue weighted by molar-refractivity contribution is -0.132. The lowest BCUT2D eigenvalue weighted by Crippen LogP contribution is -2.03. The van der Waals surface area contributed by atoms with Crippen LogP contribution in [0, 0.1) is 5.82 Å². The molecule has 0 unspecified atom stereocenters. The minimum atomic E-state index is -0.576. The third-order valence-electron chi connectivity index (χ3n) is 1.40. The van der Waals surface area contributed by atoms with Crippen LogP contribution < -0.4 is 4.74 Å². The van der Waals surface area contributed by atoms with E-state index in [9.17, 15) is 9.18 Å². The SMILES string of the molecule is CC(=O)Oc1ccc(CCl)cc1F. The second-order valence-electron chi connectivity index (χ2n) is 2.49. The van der Waals surface area contributed by atoms with Gasteiger partial charge in [-0.05, 0) is 17.7 Å². The fourth-order valence-corrected chi connectivity index (χ4v) is 1.03. The van der Waals surface area contributed by atoms with Gasteiger partial charge in [-0.15, -0.1) is 11.6 Å². The Morgan fingerprint density at radius 1 is 1.62 bits per heavy atom. The molecule has 0 atom stereocenters. The van der Waals surface area contributed by atoms with E-state index in [0.29, 0.717) is 5.56 Å². The summed E-state index contributed by atoms with van der Waals surface area (Å²) in [5, 5.41) is 0. The summed E-state index contributed by atoms with van der Waals surface area (Å²) in [6.45, 7) is 1.22. The molecule has 0 fully saturated rings. The molecule has 0 saturated carbocycles. The topological polar surface area (TPSA) is 26.3 Å². The van der Waals surface area contributed by atoms with Crippen LogP contribution in [0.3, 0.4) is 0 Å². The molecule has 0 amide bonds. The maximum Gasteiger partial charge on any atom is 0.308 e. The molecule has 0 N–H and O–H groups in total. The van der Waals surface area contributed by atoms with Crippen LogP contribution in [-0.2, 0) is 10.7 Å². The molecule has 0 heterocycles. The van der Waals surface area contributed by atoms with Crippen molar-refractivity contribution in [3.05, 3.63) is 29.6 Å². The lowest BCUT2D eigenvalue weighted by Gasteiger charge is -2.03. The molecule has 0 radical (unpaired) electrons. The van der Waals surface area contributed by atoms with Crippen molar-refractivity contribution in [2.45, 2.75) is 12.8 Å². The number of carbonyl (C=O) groups excluding carboxylic acids is 1. The van der Waals surface area contributed by atoms with Crippen molar-refractivity contribution in [3.63, 3.8) is 0 Å². The lowest BCUT2D eigenvalue weighted by atomic mass is 10.2. The molecule has 1 aromatic carbocycles. The number of alkyl halides is 1. The van der Waals surface area contributed by atoms with Crippen molar-refractivity contribution < 1.29 is 13.9 Å². The Morgan fingerprint density at radius 2 is 2.31 bits per heavy atom. The predicted molar refractivity (Wildman–Crippen MR) is 47.3 cm³/mol. The van der Waals surface area contributed by atoms with Crippen LogP contribution in [0.25, 0.3) is 0 Å². The molecule has 1 aromatic rings. The number of hydrogen-bond donors (Lipinski definition) is 0. The van der Waals surface area contributed by atoms with Crippen molar-refractivity contribution in [1.82, 2.24) is 0 Å². The molecule has 0 saturated heterocycles. The molecule has 0 aromatic heterocycles. The summed E-state index contributed by atoms with van der Waals surface area (Å²) >= 11 is 5.48. The van der Waals surface area contributed by atoms with E-state index in [1.807, 2.05) is 0 Å². The molecule has 70 valence electrons.